The zero-order valence-corrected chi connectivity index (χ0v) is 10.1. The van der Waals surface area contributed by atoms with Crippen molar-refractivity contribution in [3.63, 3.8) is 0 Å². The minimum Gasteiger partial charge on any atom is -0.466 e. The van der Waals surface area contributed by atoms with Crippen LogP contribution in [-0.4, -0.2) is 25.2 Å². The number of fused-ring (bicyclic) bond motifs is 1. The molecular weight excluding hydrogens is 236 g/mol. The Kier molecular flexibility index (Phi) is 3.82. The quantitative estimate of drug-likeness (QED) is 0.585. The molecule has 1 aromatic carbocycles. The molecule has 5 heteroatoms. The SMILES string of the molecule is CCOC(=O)CC(=O)Cc1ccc2c(c1)OCO2. The number of carbonyl (C=O) groups is 2. The molecule has 1 aliphatic rings. The number of benzene rings is 1. The van der Waals surface area contributed by atoms with Crippen LogP contribution in [0.2, 0.25) is 0 Å². The fourth-order valence-corrected chi connectivity index (χ4v) is 1.71. The molecule has 0 radical (unpaired) electrons. The summed E-state index contributed by atoms with van der Waals surface area (Å²) in [6, 6.07) is 5.30. The Balaban J connectivity index is 1.93. The number of hydrogen-bond donors (Lipinski definition) is 0. The van der Waals surface area contributed by atoms with E-state index in [1.807, 2.05) is 0 Å². The van der Waals surface area contributed by atoms with Crippen molar-refractivity contribution in [2.24, 2.45) is 0 Å². The molecule has 0 saturated heterocycles. The highest BCUT2D eigenvalue weighted by atomic mass is 16.7. The summed E-state index contributed by atoms with van der Waals surface area (Å²) in [5.74, 6) is 0.656. The Morgan fingerprint density at radius 2 is 2.06 bits per heavy atom. The molecule has 0 aromatic heterocycles. The topological polar surface area (TPSA) is 61.8 Å². The van der Waals surface area contributed by atoms with E-state index >= 15 is 0 Å². The van der Waals surface area contributed by atoms with E-state index in [2.05, 4.69) is 0 Å². The van der Waals surface area contributed by atoms with Crippen LogP contribution >= 0.6 is 0 Å². The second-order valence-corrected chi connectivity index (χ2v) is 3.88. The van der Waals surface area contributed by atoms with E-state index in [1.165, 1.54) is 0 Å². The fraction of sp³-hybridized carbons (Fsp3) is 0.385. The standard InChI is InChI=1S/C13H14O5/c1-2-16-13(15)7-10(14)5-9-3-4-11-12(6-9)18-8-17-11/h3-4,6H,2,5,7-8H2,1H3. The Bertz CT molecular complexity index is 466. The predicted molar refractivity (Wildman–Crippen MR) is 62.5 cm³/mol. The van der Waals surface area contributed by atoms with Crippen molar-refractivity contribution in [2.45, 2.75) is 19.8 Å². The second-order valence-electron chi connectivity index (χ2n) is 3.88. The van der Waals surface area contributed by atoms with E-state index < -0.39 is 5.97 Å². The van der Waals surface area contributed by atoms with Gasteiger partial charge in [0.05, 0.1) is 6.61 Å². The van der Waals surface area contributed by atoms with Crippen LogP contribution in [0, 0.1) is 0 Å². The van der Waals surface area contributed by atoms with Gasteiger partial charge in [-0.1, -0.05) is 6.07 Å². The lowest BCUT2D eigenvalue weighted by molar-refractivity contribution is -0.145. The van der Waals surface area contributed by atoms with Gasteiger partial charge in [0.1, 0.15) is 12.2 Å². The third kappa shape index (κ3) is 3.00. The third-order valence-corrected chi connectivity index (χ3v) is 2.49. The molecule has 0 aliphatic carbocycles. The maximum absolute atomic E-state index is 11.6. The number of carbonyl (C=O) groups excluding carboxylic acids is 2. The summed E-state index contributed by atoms with van der Waals surface area (Å²) < 4.78 is 15.1. The van der Waals surface area contributed by atoms with Crippen LogP contribution in [-0.2, 0) is 20.7 Å². The minimum atomic E-state index is -0.483. The molecule has 0 amide bonds. The van der Waals surface area contributed by atoms with Crippen LogP contribution in [0.4, 0.5) is 0 Å². The number of esters is 1. The van der Waals surface area contributed by atoms with Crippen molar-refractivity contribution in [3.05, 3.63) is 23.8 Å². The first-order valence-electron chi connectivity index (χ1n) is 5.75. The zero-order valence-electron chi connectivity index (χ0n) is 10.1. The molecule has 1 aromatic rings. The average Bonchev–Trinajstić information content (AvgIpc) is 2.76. The first-order chi connectivity index (χ1) is 8.69. The van der Waals surface area contributed by atoms with Crippen molar-refractivity contribution in [3.8, 4) is 11.5 Å². The molecule has 0 bridgehead atoms. The Hall–Kier alpha value is -2.04. The lowest BCUT2D eigenvalue weighted by Crippen LogP contribution is -2.12. The summed E-state index contributed by atoms with van der Waals surface area (Å²) in [7, 11) is 0. The van der Waals surface area contributed by atoms with E-state index in [0.29, 0.717) is 11.5 Å². The number of ether oxygens (including phenoxy) is 3. The van der Waals surface area contributed by atoms with Gasteiger partial charge in [0.25, 0.3) is 0 Å². The highest BCUT2D eigenvalue weighted by Gasteiger charge is 2.16. The van der Waals surface area contributed by atoms with Crippen molar-refractivity contribution in [2.75, 3.05) is 13.4 Å². The number of ketones is 1. The van der Waals surface area contributed by atoms with Gasteiger partial charge < -0.3 is 14.2 Å². The molecule has 0 spiro atoms. The summed E-state index contributed by atoms with van der Waals surface area (Å²) in [6.45, 7) is 2.20. The third-order valence-electron chi connectivity index (χ3n) is 2.49. The molecule has 0 atom stereocenters. The van der Waals surface area contributed by atoms with Gasteiger partial charge in [-0.25, -0.2) is 0 Å². The molecule has 5 nitrogen and oxygen atoms in total. The smallest absolute Gasteiger partial charge is 0.313 e. The molecule has 0 N–H and O–H groups in total. The van der Waals surface area contributed by atoms with Crippen molar-refractivity contribution >= 4 is 11.8 Å². The van der Waals surface area contributed by atoms with Crippen LogP contribution in [0.3, 0.4) is 0 Å². The molecular formula is C13H14O5. The molecule has 1 heterocycles. The maximum atomic E-state index is 11.6. The van der Waals surface area contributed by atoms with E-state index in [1.54, 1.807) is 25.1 Å². The van der Waals surface area contributed by atoms with Crippen LogP contribution in [0.5, 0.6) is 11.5 Å². The molecule has 96 valence electrons. The van der Waals surface area contributed by atoms with Gasteiger partial charge in [-0.05, 0) is 24.6 Å². The molecule has 18 heavy (non-hydrogen) atoms. The Morgan fingerprint density at radius 3 is 2.83 bits per heavy atom. The first kappa shape index (κ1) is 12.4. The lowest BCUT2D eigenvalue weighted by atomic mass is 10.1. The fourth-order valence-electron chi connectivity index (χ4n) is 1.71. The lowest BCUT2D eigenvalue weighted by Gasteiger charge is -2.03. The monoisotopic (exact) mass is 250 g/mol. The number of hydrogen-bond acceptors (Lipinski definition) is 5. The van der Waals surface area contributed by atoms with Crippen molar-refractivity contribution in [1.29, 1.82) is 0 Å². The Labute approximate surface area is 105 Å². The summed E-state index contributed by atoms with van der Waals surface area (Å²) >= 11 is 0. The summed E-state index contributed by atoms with van der Waals surface area (Å²) in [4.78, 5) is 22.8. The van der Waals surface area contributed by atoms with Crippen molar-refractivity contribution < 1.29 is 23.8 Å². The summed E-state index contributed by atoms with van der Waals surface area (Å²) in [5, 5.41) is 0. The van der Waals surface area contributed by atoms with E-state index in [0.717, 1.165) is 5.56 Å². The van der Waals surface area contributed by atoms with Gasteiger partial charge in [0.15, 0.2) is 11.5 Å². The van der Waals surface area contributed by atoms with E-state index in [4.69, 9.17) is 14.2 Å². The summed E-state index contributed by atoms with van der Waals surface area (Å²) in [6.07, 6.45) is -0.00225. The molecule has 1 aliphatic heterocycles. The van der Waals surface area contributed by atoms with Gasteiger partial charge >= 0.3 is 5.97 Å². The van der Waals surface area contributed by atoms with Gasteiger partial charge in [-0.15, -0.1) is 0 Å². The molecule has 0 unspecified atom stereocenters. The largest absolute Gasteiger partial charge is 0.466 e. The maximum Gasteiger partial charge on any atom is 0.313 e. The van der Waals surface area contributed by atoms with Crippen LogP contribution < -0.4 is 9.47 Å². The first-order valence-corrected chi connectivity index (χ1v) is 5.75. The van der Waals surface area contributed by atoms with Gasteiger partial charge in [-0.3, -0.25) is 9.59 Å². The highest BCUT2D eigenvalue weighted by molar-refractivity contribution is 5.96. The Morgan fingerprint density at radius 1 is 1.28 bits per heavy atom. The molecule has 0 fully saturated rings. The summed E-state index contributed by atoms with van der Waals surface area (Å²) in [5.41, 5.74) is 0.800. The number of Topliss-reactive ketones (excluding diaryl/α,β-unsaturated/α-hetero) is 1. The molecule has 0 saturated carbocycles. The average molecular weight is 250 g/mol. The zero-order chi connectivity index (χ0) is 13.0. The minimum absolute atomic E-state index is 0.174. The predicted octanol–water partition coefficient (Wildman–Crippen LogP) is 1.48. The van der Waals surface area contributed by atoms with Crippen LogP contribution in [0.25, 0.3) is 0 Å². The van der Waals surface area contributed by atoms with Crippen molar-refractivity contribution in [1.82, 2.24) is 0 Å². The molecule has 2 rings (SSSR count). The van der Waals surface area contributed by atoms with Crippen LogP contribution in [0.15, 0.2) is 18.2 Å². The highest BCUT2D eigenvalue weighted by Crippen LogP contribution is 2.32. The van der Waals surface area contributed by atoms with E-state index in [-0.39, 0.29) is 32.0 Å². The number of rotatable bonds is 5. The van der Waals surface area contributed by atoms with Gasteiger partial charge in [0, 0.05) is 6.42 Å². The second kappa shape index (κ2) is 5.53. The van der Waals surface area contributed by atoms with E-state index in [9.17, 15) is 9.59 Å². The van der Waals surface area contributed by atoms with Gasteiger partial charge in [0.2, 0.25) is 6.79 Å². The van der Waals surface area contributed by atoms with Crippen LogP contribution in [0.1, 0.15) is 18.9 Å². The normalized spacial score (nSPS) is 12.3. The van der Waals surface area contributed by atoms with Gasteiger partial charge in [-0.2, -0.15) is 0 Å².